The van der Waals surface area contributed by atoms with Gasteiger partial charge in [-0.3, -0.25) is 13.9 Å². The molecule has 0 fully saturated rings. The number of fused-ring (bicyclic) bond motifs is 3. The fourth-order valence-electron chi connectivity index (χ4n) is 5.03. The zero-order valence-electron chi connectivity index (χ0n) is 21.1. The number of aromatic nitrogens is 3. The summed E-state index contributed by atoms with van der Waals surface area (Å²) in [6.07, 6.45) is -10.7. The van der Waals surface area contributed by atoms with Crippen LogP contribution in [0.3, 0.4) is 0 Å². The van der Waals surface area contributed by atoms with Gasteiger partial charge in [0.05, 0.1) is 29.0 Å². The van der Waals surface area contributed by atoms with Gasteiger partial charge >= 0.3 is 18.3 Å². The van der Waals surface area contributed by atoms with E-state index in [0.29, 0.717) is 21.6 Å². The third-order valence-electron chi connectivity index (χ3n) is 6.40. The van der Waals surface area contributed by atoms with Gasteiger partial charge in [-0.2, -0.15) is 35.1 Å². The number of imidazole rings is 2. The first-order valence-corrected chi connectivity index (χ1v) is 11.9. The molecular formula is C26H26F8N4. The highest BCUT2D eigenvalue weighted by molar-refractivity contribution is 5.85. The lowest BCUT2D eigenvalue weighted by Gasteiger charge is -2.28. The zero-order valence-corrected chi connectivity index (χ0v) is 21.1. The van der Waals surface area contributed by atoms with Gasteiger partial charge in [0.2, 0.25) is 5.78 Å². The molecule has 12 heteroatoms. The van der Waals surface area contributed by atoms with E-state index in [4.69, 9.17) is 0 Å². The van der Waals surface area contributed by atoms with Crippen molar-refractivity contribution >= 4 is 16.8 Å². The molecule has 0 saturated carbocycles. The monoisotopic (exact) mass is 546 g/mol. The number of hydrogen-bond donors (Lipinski definition) is 0. The van der Waals surface area contributed by atoms with E-state index in [1.165, 1.54) is 4.40 Å². The number of alkyl halides is 8. The van der Waals surface area contributed by atoms with Crippen LogP contribution in [0.4, 0.5) is 35.1 Å². The van der Waals surface area contributed by atoms with Crippen LogP contribution in [0.15, 0.2) is 36.4 Å². The molecule has 0 saturated heterocycles. The third kappa shape index (κ3) is 4.85. The van der Waals surface area contributed by atoms with Crippen LogP contribution in [0.1, 0.15) is 41.4 Å². The lowest BCUT2D eigenvalue weighted by atomic mass is 10.0. The Bertz CT molecular complexity index is 1450. The molecule has 0 unspecified atom stereocenters. The molecule has 0 aliphatic rings. The summed E-state index contributed by atoms with van der Waals surface area (Å²) >= 11 is 0. The zero-order chi connectivity index (χ0) is 28.2. The van der Waals surface area contributed by atoms with Crippen LogP contribution in [-0.4, -0.2) is 44.0 Å². The molecular weight excluding hydrogens is 520 g/mol. The number of aryl methyl sites for hydroxylation is 3. The van der Waals surface area contributed by atoms with Crippen LogP contribution in [0.25, 0.3) is 22.5 Å². The van der Waals surface area contributed by atoms with Crippen LogP contribution in [0, 0.1) is 20.8 Å². The fourth-order valence-corrected chi connectivity index (χ4v) is 5.03. The first-order valence-electron chi connectivity index (χ1n) is 11.9. The Labute approximate surface area is 213 Å². The molecule has 0 amide bonds. The predicted molar refractivity (Wildman–Crippen MR) is 128 cm³/mol. The van der Waals surface area contributed by atoms with Crippen molar-refractivity contribution in [2.45, 2.75) is 58.9 Å². The van der Waals surface area contributed by atoms with Crippen molar-refractivity contribution < 1.29 is 35.1 Å². The van der Waals surface area contributed by atoms with Crippen molar-refractivity contribution in [2.75, 3.05) is 13.1 Å². The summed E-state index contributed by atoms with van der Waals surface area (Å²) in [5.41, 5.74) is 2.13. The number of nitrogens with zero attached hydrogens (tertiary/aromatic N) is 4. The highest BCUT2D eigenvalue weighted by Crippen LogP contribution is 2.39. The van der Waals surface area contributed by atoms with Crippen molar-refractivity contribution in [2.24, 2.45) is 0 Å². The highest BCUT2D eigenvalue weighted by atomic mass is 19.4. The summed E-state index contributed by atoms with van der Waals surface area (Å²) in [4.78, 5) is 4.62. The predicted octanol–water partition coefficient (Wildman–Crippen LogP) is 7.63. The Hall–Kier alpha value is -3.15. The molecule has 38 heavy (non-hydrogen) atoms. The van der Waals surface area contributed by atoms with Gasteiger partial charge in [-0.05, 0) is 57.0 Å². The van der Waals surface area contributed by atoms with Crippen LogP contribution >= 0.6 is 0 Å². The average Bonchev–Trinajstić information content (AvgIpc) is 3.28. The molecule has 0 N–H and O–H groups in total. The van der Waals surface area contributed by atoms with Gasteiger partial charge in [-0.1, -0.05) is 36.8 Å². The fraction of sp³-hybridized carbons (Fsp3) is 0.423. The molecule has 2 aromatic heterocycles. The van der Waals surface area contributed by atoms with E-state index in [2.05, 4.69) is 4.98 Å². The highest BCUT2D eigenvalue weighted by Gasteiger charge is 2.58. The normalized spacial score (nSPS) is 13.4. The summed E-state index contributed by atoms with van der Waals surface area (Å²) < 4.78 is 112. The molecule has 4 nitrogen and oxygen atoms in total. The SMILES string of the molecule is CCCN(Cc1c(C(F)(F)F)nc2n(-c3c(C)cc(C)cc3C)c3ccccc3n12)CC(F)(F)C(F)(F)F. The summed E-state index contributed by atoms with van der Waals surface area (Å²) in [6.45, 7) is 4.21. The average molecular weight is 547 g/mol. The number of benzene rings is 2. The van der Waals surface area contributed by atoms with Gasteiger partial charge in [0.1, 0.15) is 0 Å². The van der Waals surface area contributed by atoms with Gasteiger partial charge in [0, 0.05) is 6.54 Å². The van der Waals surface area contributed by atoms with E-state index in [1.54, 1.807) is 35.8 Å². The molecule has 0 spiro atoms. The van der Waals surface area contributed by atoms with Crippen LogP contribution in [-0.2, 0) is 12.7 Å². The number of para-hydroxylation sites is 2. The minimum absolute atomic E-state index is 0.109. The molecule has 0 aliphatic carbocycles. The van der Waals surface area contributed by atoms with E-state index >= 15 is 0 Å². The third-order valence-corrected chi connectivity index (χ3v) is 6.40. The summed E-state index contributed by atoms with van der Waals surface area (Å²) in [7, 11) is 0. The van der Waals surface area contributed by atoms with Gasteiger partial charge < -0.3 is 0 Å². The Balaban J connectivity index is 2.01. The van der Waals surface area contributed by atoms with Crippen molar-refractivity contribution in [3.8, 4) is 5.69 Å². The lowest BCUT2D eigenvalue weighted by molar-refractivity contribution is -0.287. The maximum Gasteiger partial charge on any atom is 0.454 e. The van der Waals surface area contributed by atoms with E-state index in [1.807, 2.05) is 32.9 Å². The molecule has 206 valence electrons. The first-order chi connectivity index (χ1) is 17.6. The van der Waals surface area contributed by atoms with Crippen LogP contribution in [0.5, 0.6) is 0 Å². The summed E-state index contributed by atoms with van der Waals surface area (Å²) in [5, 5.41) is 0. The summed E-state index contributed by atoms with van der Waals surface area (Å²) in [6, 6.07) is 10.3. The Morgan fingerprint density at radius 3 is 1.97 bits per heavy atom. The van der Waals surface area contributed by atoms with Crippen LogP contribution in [0.2, 0.25) is 0 Å². The topological polar surface area (TPSA) is 25.5 Å². The molecule has 0 radical (unpaired) electrons. The second-order valence-corrected chi connectivity index (χ2v) is 9.52. The van der Waals surface area contributed by atoms with Crippen molar-refractivity contribution in [3.05, 3.63) is 64.5 Å². The molecule has 2 heterocycles. The number of hydrogen-bond acceptors (Lipinski definition) is 2. The molecule has 0 bridgehead atoms. The molecule has 2 aromatic carbocycles. The number of halogens is 8. The molecule has 4 aromatic rings. The second-order valence-electron chi connectivity index (χ2n) is 9.52. The minimum atomic E-state index is -5.84. The van der Waals surface area contributed by atoms with E-state index in [9.17, 15) is 35.1 Å². The smallest absolute Gasteiger partial charge is 0.291 e. The number of rotatable bonds is 7. The van der Waals surface area contributed by atoms with E-state index < -0.39 is 42.8 Å². The minimum Gasteiger partial charge on any atom is -0.291 e. The molecule has 0 atom stereocenters. The summed E-state index contributed by atoms with van der Waals surface area (Å²) in [5.74, 6) is -5.21. The largest absolute Gasteiger partial charge is 0.454 e. The first kappa shape index (κ1) is 27.9. The van der Waals surface area contributed by atoms with Crippen molar-refractivity contribution in [1.82, 2.24) is 18.9 Å². The lowest BCUT2D eigenvalue weighted by Crippen LogP contribution is -2.47. The Kier molecular flexibility index (Phi) is 7.00. The van der Waals surface area contributed by atoms with E-state index in [0.717, 1.165) is 16.7 Å². The quantitative estimate of drug-likeness (QED) is 0.223. The Morgan fingerprint density at radius 2 is 1.45 bits per heavy atom. The molecule has 0 aliphatic heterocycles. The van der Waals surface area contributed by atoms with Crippen molar-refractivity contribution in [1.29, 1.82) is 0 Å². The second kappa shape index (κ2) is 9.55. The Morgan fingerprint density at radius 1 is 0.868 bits per heavy atom. The maximum absolute atomic E-state index is 14.2. The van der Waals surface area contributed by atoms with Gasteiger partial charge in [-0.15, -0.1) is 0 Å². The van der Waals surface area contributed by atoms with Gasteiger partial charge in [0.25, 0.3) is 0 Å². The molecule has 4 rings (SSSR count). The maximum atomic E-state index is 14.2. The van der Waals surface area contributed by atoms with Crippen LogP contribution < -0.4 is 0 Å². The van der Waals surface area contributed by atoms with Gasteiger partial charge in [0.15, 0.2) is 5.69 Å². The van der Waals surface area contributed by atoms with E-state index in [-0.39, 0.29) is 18.7 Å². The van der Waals surface area contributed by atoms with Gasteiger partial charge in [-0.25, -0.2) is 4.98 Å². The standard InChI is InChI=1S/C26H26F8N4/c1-5-10-36(14-24(27,28)26(32,33)34)13-20-22(25(29,30)31)35-23-37(20)18-8-6-7-9-19(18)38(23)21-16(3)11-15(2)12-17(21)4/h6-9,11-12H,5,10,13-14H2,1-4H3. The van der Waals surface area contributed by atoms with Crippen molar-refractivity contribution in [3.63, 3.8) is 0 Å².